The third kappa shape index (κ3) is 9.09. The first kappa shape index (κ1) is 12.2. The minimum Gasteiger partial charge on any atom is -0.370 e. The molecule has 0 aliphatic heterocycles. The summed E-state index contributed by atoms with van der Waals surface area (Å²) in [6.07, 6.45) is -4.51. The highest BCUT2D eigenvalue weighted by Gasteiger charge is 2.29. The molecule has 0 aromatic heterocycles. The second-order valence-corrected chi connectivity index (χ2v) is 1.97. The van der Waals surface area contributed by atoms with E-state index < -0.39 is 25.4 Å². The highest BCUT2D eigenvalue weighted by atomic mass is 19.4. The van der Waals surface area contributed by atoms with Crippen molar-refractivity contribution in [2.75, 3.05) is 19.8 Å². The minimum absolute atomic E-state index is 0.272. The molecule has 0 unspecified atom stereocenters. The van der Waals surface area contributed by atoms with Crippen LogP contribution in [0.2, 0.25) is 0 Å². The molecule has 0 amide bonds. The molecule has 7 heteroatoms. The molecule has 0 radical (unpaired) electrons. The number of carbonyl (C=O) groups excluding carboxylic acids is 1. The lowest BCUT2D eigenvalue weighted by molar-refractivity contribution is -0.318. The third-order valence-electron chi connectivity index (χ3n) is 0.798. The molecule has 0 aromatic carbocycles. The van der Waals surface area contributed by atoms with Crippen molar-refractivity contribution in [3.8, 4) is 0 Å². The van der Waals surface area contributed by atoms with Crippen molar-refractivity contribution in [3.05, 3.63) is 0 Å². The zero-order chi connectivity index (χ0) is 10.3. The molecule has 0 bridgehead atoms. The lowest BCUT2D eigenvalue weighted by atomic mass is 10.7. The molecule has 0 saturated carbocycles. The maximum Gasteiger partial charge on any atom is 0.415 e. The Balaban J connectivity index is 3.37. The summed E-state index contributed by atoms with van der Waals surface area (Å²) >= 11 is 0. The van der Waals surface area contributed by atoms with Crippen molar-refractivity contribution in [2.24, 2.45) is 0 Å². The van der Waals surface area contributed by atoms with Crippen LogP contribution in [-0.4, -0.2) is 32.0 Å². The van der Waals surface area contributed by atoms with E-state index in [1.165, 1.54) is 0 Å². The van der Waals surface area contributed by atoms with Crippen LogP contribution in [0.4, 0.5) is 13.2 Å². The zero-order valence-corrected chi connectivity index (χ0v) is 6.89. The van der Waals surface area contributed by atoms with Crippen LogP contribution in [0.25, 0.3) is 0 Å². The Hall–Kier alpha value is -0.820. The fourth-order valence-corrected chi connectivity index (χ4v) is 0.371. The lowest BCUT2D eigenvalue weighted by Gasteiger charge is -2.05. The van der Waals surface area contributed by atoms with Crippen LogP contribution in [0.15, 0.2) is 0 Å². The Kier molecular flexibility index (Phi) is 5.40. The van der Waals surface area contributed by atoms with Crippen LogP contribution in [0.3, 0.4) is 0 Å². The topological polar surface area (TPSA) is 44.8 Å². The van der Waals surface area contributed by atoms with Crippen LogP contribution in [0, 0.1) is 0 Å². The summed E-state index contributed by atoms with van der Waals surface area (Å²) in [6.45, 7) is -0.141. The number of alkyl halides is 3. The Morgan fingerprint density at radius 1 is 1.38 bits per heavy atom. The second kappa shape index (κ2) is 5.76. The van der Waals surface area contributed by atoms with Crippen molar-refractivity contribution in [1.82, 2.24) is 0 Å². The summed E-state index contributed by atoms with van der Waals surface area (Å²) in [5.74, 6) is -0.994. The van der Waals surface area contributed by atoms with Crippen molar-refractivity contribution in [2.45, 2.75) is 13.1 Å². The molecule has 0 saturated heterocycles. The number of rotatable bonds is 5. The van der Waals surface area contributed by atoms with Crippen LogP contribution in [-0.2, 0) is 19.3 Å². The van der Waals surface area contributed by atoms with Crippen molar-refractivity contribution in [1.29, 1.82) is 0 Å². The number of ether oxygens (including phenoxy) is 1. The molecular formula is C6H9F3O4. The Labute approximate surface area is 72.5 Å². The maximum atomic E-state index is 11.4. The number of halogens is 3. The molecule has 78 valence electrons. The first-order valence-corrected chi connectivity index (χ1v) is 3.42. The van der Waals surface area contributed by atoms with E-state index in [1.54, 1.807) is 6.92 Å². The van der Waals surface area contributed by atoms with Gasteiger partial charge in [0.25, 0.3) is 0 Å². The van der Waals surface area contributed by atoms with Crippen molar-refractivity contribution >= 4 is 5.97 Å². The fourth-order valence-electron chi connectivity index (χ4n) is 0.371. The van der Waals surface area contributed by atoms with Crippen LogP contribution >= 0.6 is 0 Å². The Morgan fingerprint density at radius 2 is 2.00 bits per heavy atom. The van der Waals surface area contributed by atoms with Gasteiger partial charge in [-0.3, -0.25) is 4.89 Å². The highest BCUT2D eigenvalue weighted by Crippen LogP contribution is 2.14. The standard InChI is InChI=1S/C6H9F3O4/c1-2-11-3-5(10)13-12-4-6(7,8)9/h2-4H2,1H3. The molecule has 13 heavy (non-hydrogen) atoms. The van der Waals surface area contributed by atoms with E-state index in [1.807, 2.05) is 0 Å². The van der Waals surface area contributed by atoms with E-state index in [0.717, 1.165) is 0 Å². The number of carbonyl (C=O) groups is 1. The molecule has 0 spiro atoms. The largest absolute Gasteiger partial charge is 0.415 e. The molecule has 0 N–H and O–H groups in total. The fraction of sp³-hybridized carbons (Fsp3) is 0.833. The van der Waals surface area contributed by atoms with Gasteiger partial charge in [-0.25, -0.2) is 4.79 Å². The van der Waals surface area contributed by atoms with E-state index in [9.17, 15) is 18.0 Å². The average molecular weight is 202 g/mol. The molecule has 0 rings (SSSR count). The monoisotopic (exact) mass is 202 g/mol. The molecule has 4 nitrogen and oxygen atoms in total. The van der Waals surface area contributed by atoms with Crippen LogP contribution < -0.4 is 0 Å². The van der Waals surface area contributed by atoms with Crippen LogP contribution in [0.5, 0.6) is 0 Å². The van der Waals surface area contributed by atoms with E-state index >= 15 is 0 Å². The summed E-state index contributed by atoms with van der Waals surface area (Å²) < 4.78 is 38.8. The van der Waals surface area contributed by atoms with Crippen molar-refractivity contribution < 1.29 is 32.5 Å². The summed E-state index contributed by atoms with van der Waals surface area (Å²) in [7, 11) is 0. The van der Waals surface area contributed by atoms with Gasteiger partial charge in [-0.15, -0.1) is 0 Å². The first-order valence-electron chi connectivity index (χ1n) is 3.42. The van der Waals surface area contributed by atoms with Gasteiger partial charge in [0.2, 0.25) is 0 Å². The Morgan fingerprint density at radius 3 is 2.46 bits per heavy atom. The third-order valence-corrected chi connectivity index (χ3v) is 0.798. The minimum atomic E-state index is -4.51. The smallest absolute Gasteiger partial charge is 0.370 e. The van der Waals surface area contributed by atoms with Gasteiger partial charge in [-0.2, -0.15) is 18.1 Å². The van der Waals surface area contributed by atoms with E-state index in [2.05, 4.69) is 14.5 Å². The van der Waals surface area contributed by atoms with Gasteiger partial charge in [0, 0.05) is 6.61 Å². The summed E-state index contributed by atoms with van der Waals surface area (Å²) in [5, 5.41) is 0. The first-order chi connectivity index (χ1) is 5.95. The molecule has 0 heterocycles. The van der Waals surface area contributed by atoms with Gasteiger partial charge >= 0.3 is 12.1 Å². The number of hydrogen-bond donors (Lipinski definition) is 0. The SMILES string of the molecule is CCOCC(=O)OOCC(F)(F)F. The van der Waals surface area contributed by atoms with Crippen molar-refractivity contribution in [3.63, 3.8) is 0 Å². The highest BCUT2D eigenvalue weighted by molar-refractivity contribution is 5.69. The van der Waals surface area contributed by atoms with Gasteiger partial charge in [0.05, 0.1) is 0 Å². The molecule has 0 aliphatic carbocycles. The van der Waals surface area contributed by atoms with Gasteiger partial charge in [0.1, 0.15) is 6.61 Å². The zero-order valence-electron chi connectivity index (χ0n) is 6.89. The molecule has 0 aliphatic rings. The van der Waals surface area contributed by atoms with Gasteiger partial charge in [-0.05, 0) is 6.92 Å². The number of hydrogen-bond acceptors (Lipinski definition) is 4. The van der Waals surface area contributed by atoms with E-state index in [-0.39, 0.29) is 6.61 Å². The predicted molar refractivity (Wildman–Crippen MR) is 34.6 cm³/mol. The molecule has 0 aromatic rings. The second-order valence-electron chi connectivity index (χ2n) is 1.97. The molecular weight excluding hydrogens is 193 g/mol. The predicted octanol–water partition coefficient (Wildman–Crippen LogP) is 1.06. The average Bonchev–Trinajstić information content (AvgIpc) is 1.98. The van der Waals surface area contributed by atoms with Gasteiger partial charge in [-0.1, -0.05) is 0 Å². The quantitative estimate of drug-likeness (QED) is 0.494. The van der Waals surface area contributed by atoms with Gasteiger partial charge < -0.3 is 4.74 Å². The summed E-state index contributed by atoms with van der Waals surface area (Å²) in [5.41, 5.74) is 0. The van der Waals surface area contributed by atoms with E-state index in [4.69, 9.17) is 0 Å². The summed E-state index contributed by atoms with van der Waals surface area (Å²) in [6, 6.07) is 0. The normalized spacial score (nSPS) is 11.4. The van der Waals surface area contributed by atoms with E-state index in [0.29, 0.717) is 0 Å². The van der Waals surface area contributed by atoms with Crippen LogP contribution in [0.1, 0.15) is 6.92 Å². The lowest BCUT2D eigenvalue weighted by Crippen LogP contribution is -2.20. The maximum absolute atomic E-state index is 11.4. The molecule has 0 fully saturated rings. The summed E-state index contributed by atoms with van der Waals surface area (Å²) in [4.78, 5) is 17.8. The van der Waals surface area contributed by atoms with Gasteiger partial charge in [0.15, 0.2) is 6.61 Å². The molecule has 0 atom stereocenters. The Bertz CT molecular complexity index is 156.